The average molecular weight is 345 g/mol. The second kappa shape index (κ2) is 3.15. The standard InChI is InChI=1S/C8H9Br3/c9-4-1-2-5-7(10)6(3-4)8(5)11/h3,5-8H,1-2H2/t5?,6?,7-,8?/m0/s1. The highest BCUT2D eigenvalue weighted by molar-refractivity contribution is 9.11. The summed E-state index contributed by atoms with van der Waals surface area (Å²) < 4.78 is 1.39. The van der Waals surface area contributed by atoms with Crippen molar-refractivity contribution < 1.29 is 0 Å². The molecule has 2 bridgehead atoms. The van der Waals surface area contributed by atoms with Crippen molar-refractivity contribution in [3.8, 4) is 0 Å². The predicted molar refractivity (Wildman–Crippen MR) is 58.7 cm³/mol. The summed E-state index contributed by atoms with van der Waals surface area (Å²) in [5.41, 5.74) is 0. The van der Waals surface area contributed by atoms with Crippen molar-refractivity contribution in [2.45, 2.75) is 22.5 Å². The summed E-state index contributed by atoms with van der Waals surface area (Å²) >= 11 is 11.0. The van der Waals surface area contributed by atoms with Crippen molar-refractivity contribution in [2.75, 3.05) is 0 Å². The molecule has 0 nitrogen and oxygen atoms in total. The summed E-state index contributed by atoms with van der Waals surface area (Å²) in [7, 11) is 0. The van der Waals surface area contributed by atoms with Crippen molar-refractivity contribution in [3.05, 3.63) is 10.6 Å². The third-order valence-electron chi connectivity index (χ3n) is 2.64. The Morgan fingerprint density at radius 3 is 2.55 bits per heavy atom. The van der Waals surface area contributed by atoms with Gasteiger partial charge in [0.25, 0.3) is 0 Å². The van der Waals surface area contributed by atoms with Crippen LogP contribution in [-0.2, 0) is 0 Å². The van der Waals surface area contributed by atoms with Crippen LogP contribution in [0.5, 0.6) is 0 Å². The van der Waals surface area contributed by atoms with Crippen LogP contribution >= 0.6 is 47.8 Å². The first-order chi connectivity index (χ1) is 5.20. The molecule has 0 radical (unpaired) electrons. The zero-order chi connectivity index (χ0) is 8.01. The molecule has 1 fully saturated rings. The van der Waals surface area contributed by atoms with Gasteiger partial charge in [-0.1, -0.05) is 53.9 Å². The fraction of sp³-hybridized carbons (Fsp3) is 0.750. The number of fused-ring (bicyclic) bond motifs is 2. The molecule has 0 aliphatic heterocycles. The van der Waals surface area contributed by atoms with E-state index in [1.54, 1.807) is 0 Å². The van der Waals surface area contributed by atoms with Gasteiger partial charge in [0, 0.05) is 15.6 Å². The van der Waals surface area contributed by atoms with Crippen molar-refractivity contribution in [1.82, 2.24) is 0 Å². The minimum Gasteiger partial charge on any atom is -0.0880 e. The number of alkyl halides is 2. The van der Waals surface area contributed by atoms with E-state index < -0.39 is 0 Å². The Labute approximate surface area is 92.2 Å². The third-order valence-corrected chi connectivity index (χ3v) is 5.88. The summed E-state index contributed by atoms with van der Waals surface area (Å²) in [5.74, 6) is 1.54. The van der Waals surface area contributed by atoms with Gasteiger partial charge in [0.15, 0.2) is 0 Å². The number of hydrogen-bond donors (Lipinski definition) is 0. The Kier molecular flexibility index (Phi) is 2.51. The van der Waals surface area contributed by atoms with Crippen molar-refractivity contribution in [1.29, 1.82) is 0 Å². The fourth-order valence-electron chi connectivity index (χ4n) is 1.88. The van der Waals surface area contributed by atoms with Gasteiger partial charge in [-0.05, 0) is 23.2 Å². The topological polar surface area (TPSA) is 0 Å². The molecule has 3 heteroatoms. The van der Waals surface area contributed by atoms with E-state index in [1.807, 2.05) is 0 Å². The van der Waals surface area contributed by atoms with Gasteiger partial charge in [0.1, 0.15) is 0 Å². The van der Waals surface area contributed by atoms with Gasteiger partial charge >= 0.3 is 0 Å². The molecule has 1 saturated carbocycles. The van der Waals surface area contributed by atoms with E-state index in [-0.39, 0.29) is 0 Å². The monoisotopic (exact) mass is 342 g/mol. The Balaban J connectivity index is 2.20. The lowest BCUT2D eigenvalue weighted by molar-refractivity contribution is 0.278. The molecule has 0 amide bonds. The maximum atomic E-state index is 3.73. The first kappa shape index (κ1) is 8.76. The Morgan fingerprint density at radius 1 is 1.27 bits per heavy atom. The van der Waals surface area contributed by atoms with Crippen LogP contribution < -0.4 is 0 Å². The number of allylic oxidation sites excluding steroid dienone is 2. The summed E-state index contributed by atoms with van der Waals surface area (Å²) in [6.07, 6.45) is 4.87. The highest BCUT2D eigenvalue weighted by Crippen LogP contribution is 2.51. The van der Waals surface area contributed by atoms with Gasteiger partial charge < -0.3 is 0 Å². The van der Waals surface area contributed by atoms with Crippen LogP contribution in [0, 0.1) is 11.8 Å². The molecule has 3 aliphatic carbocycles. The lowest BCUT2D eigenvalue weighted by Gasteiger charge is -2.44. The molecule has 3 aliphatic rings. The first-order valence-corrected chi connectivity index (χ1v) is 6.47. The normalized spacial score (nSPS) is 49.2. The molecular formula is C8H9Br3. The van der Waals surface area contributed by atoms with Gasteiger partial charge in [0.2, 0.25) is 0 Å². The summed E-state index contributed by atoms with van der Waals surface area (Å²) in [5, 5.41) is 0. The van der Waals surface area contributed by atoms with Crippen LogP contribution in [0.15, 0.2) is 10.6 Å². The van der Waals surface area contributed by atoms with Gasteiger partial charge in [0.05, 0.1) is 0 Å². The minimum absolute atomic E-state index is 0.705. The van der Waals surface area contributed by atoms with Gasteiger partial charge in [-0.2, -0.15) is 0 Å². The maximum Gasteiger partial charge on any atom is 0.0259 e. The lowest BCUT2D eigenvalue weighted by Crippen LogP contribution is -2.46. The fourth-order valence-corrected chi connectivity index (χ4v) is 5.38. The SMILES string of the molecule is BrC1=CC2C(Br)C(CC1)[C@@H]2Br. The van der Waals surface area contributed by atoms with Gasteiger partial charge in [-0.15, -0.1) is 0 Å². The zero-order valence-electron chi connectivity index (χ0n) is 5.93. The van der Waals surface area contributed by atoms with E-state index in [4.69, 9.17) is 0 Å². The summed E-state index contributed by atoms with van der Waals surface area (Å²) in [6.45, 7) is 0. The van der Waals surface area contributed by atoms with Crippen LogP contribution in [-0.4, -0.2) is 9.65 Å². The summed E-state index contributed by atoms with van der Waals surface area (Å²) in [4.78, 5) is 1.42. The van der Waals surface area contributed by atoms with Crippen LogP contribution in [0.2, 0.25) is 0 Å². The second-order valence-electron chi connectivity index (χ2n) is 3.28. The van der Waals surface area contributed by atoms with Crippen molar-refractivity contribution in [2.24, 2.45) is 11.8 Å². The number of hydrogen-bond acceptors (Lipinski definition) is 0. The molecule has 0 aromatic heterocycles. The summed E-state index contributed by atoms with van der Waals surface area (Å²) in [6, 6.07) is 0. The van der Waals surface area contributed by atoms with Gasteiger partial charge in [-0.25, -0.2) is 0 Å². The van der Waals surface area contributed by atoms with E-state index in [9.17, 15) is 0 Å². The molecular weight excluding hydrogens is 336 g/mol. The van der Waals surface area contributed by atoms with Crippen LogP contribution in [0.4, 0.5) is 0 Å². The lowest BCUT2D eigenvalue weighted by atomic mass is 9.74. The van der Waals surface area contributed by atoms with E-state index in [0.717, 1.165) is 5.92 Å². The first-order valence-electron chi connectivity index (χ1n) is 3.84. The Bertz CT molecular complexity index is 190. The predicted octanol–water partition coefficient (Wildman–Crippen LogP) is 3.83. The molecule has 0 aromatic carbocycles. The Morgan fingerprint density at radius 2 is 1.91 bits per heavy atom. The third kappa shape index (κ3) is 1.37. The molecule has 0 N–H and O–H groups in total. The quantitative estimate of drug-likeness (QED) is 0.586. The smallest absolute Gasteiger partial charge is 0.0259 e. The van der Waals surface area contributed by atoms with E-state index >= 15 is 0 Å². The van der Waals surface area contributed by atoms with Crippen LogP contribution in [0.1, 0.15) is 12.8 Å². The molecule has 3 unspecified atom stereocenters. The molecule has 0 heterocycles. The number of halogens is 3. The number of rotatable bonds is 0. The van der Waals surface area contributed by atoms with Gasteiger partial charge in [-0.3, -0.25) is 0 Å². The maximum absolute atomic E-state index is 3.73. The van der Waals surface area contributed by atoms with E-state index in [2.05, 4.69) is 53.9 Å². The second-order valence-corrected chi connectivity index (χ2v) is 6.42. The van der Waals surface area contributed by atoms with Crippen molar-refractivity contribution in [3.63, 3.8) is 0 Å². The Hall–Kier alpha value is 1.18. The molecule has 11 heavy (non-hydrogen) atoms. The minimum atomic E-state index is 0.705. The van der Waals surface area contributed by atoms with E-state index in [0.29, 0.717) is 15.6 Å². The highest BCUT2D eigenvalue weighted by atomic mass is 79.9. The molecule has 0 aromatic rings. The molecule has 0 saturated heterocycles. The zero-order valence-corrected chi connectivity index (χ0v) is 10.7. The molecule has 62 valence electrons. The average Bonchev–Trinajstić information content (AvgIpc) is 2.21. The van der Waals surface area contributed by atoms with Crippen LogP contribution in [0.3, 0.4) is 0 Å². The highest BCUT2D eigenvalue weighted by Gasteiger charge is 2.47. The molecule has 3 rings (SSSR count). The van der Waals surface area contributed by atoms with Crippen molar-refractivity contribution >= 4 is 47.8 Å². The molecule has 4 atom stereocenters. The van der Waals surface area contributed by atoms with Crippen LogP contribution in [0.25, 0.3) is 0 Å². The van der Waals surface area contributed by atoms with E-state index in [1.165, 1.54) is 17.3 Å². The molecule has 0 spiro atoms. The largest absolute Gasteiger partial charge is 0.0880 e.